The maximum Gasteiger partial charge on any atom is 0.234 e. The quantitative estimate of drug-likeness (QED) is 0.765. The van der Waals surface area contributed by atoms with Gasteiger partial charge in [-0.2, -0.15) is 5.26 Å². The number of ether oxygens (including phenoxy) is 1. The summed E-state index contributed by atoms with van der Waals surface area (Å²) in [5, 5.41) is 13.9. The monoisotopic (exact) mass is 351 g/mol. The van der Waals surface area contributed by atoms with E-state index in [0.717, 1.165) is 16.9 Å². The summed E-state index contributed by atoms with van der Waals surface area (Å²) < 4.78 is 5.17. The number of amides is 2. The average molecular weight is 351 g/mol. The number of aryl methyl sites for hydroxylation is 1. The molecule has 0 saturated carbocycles. The Balaban J connectivity index is 1.79. The van der Waals surface area contributed by atoms with Crippen molar-refractivity contribution in [1.29, 1.82) is 5.26 Å². The van der Waals surface area contributed by atoms with E-state index in [-0.39, 0.29) is 18.2 Å². The molecular formula is C20H21N3O3. The summed E-state index contributed by atoms with van der Waals surface area (Å²) in [6.45, 7) is 0.352. The minimum absolute atomic E-state index is 0.0668. The van der Waals surface area contributed by atoms with Crippen LogP contribution in [-0.2, 0) is 22.6 Å². The average Bonchev–Trinajstić information content (AvgIpc) is 2.66. The van der Waals surface area contributed by atoms with Gasteiger partial charge in [0, 0.05) is 18.7 Å². The van der Waals surface area contributed by atoms with Gasteiger partial charge >= 0.3 is 0 Å². The second-order valence-electron chi connectivity index (χ2n) is 5.71. The van der Waals surface area contributed by atoms with Crippen LogP contribution < -0.4 is 15.4 Å². The molecule has 2 rings (SSSR count). The van der Waals surface area contributed by atoms with Crippen LogP contribution in [-0.4, -0.2) is 18.9 Å². The van der Waals surface area contributed by atoms with E-state index in [1.165, 1.54) is 0 Å². The van der Waals surface area contributed by atoms with Crippen molar-refractivity contribution >= 4 is 17.5 Å². The highest BCUT2D eigenvalue weighted by molar-refractivity contribution is 5.90. The molecule has 2 aromatic rings. The zero-order valence-corrected chi connectivity index (χ0v) is 14.6. The molecule has 2 amide bonds. The van der Waals surface area contributed by atoms with Gasteiger partial charge in [0.1, 0.15) is 12.2 Å². The minimum atomic E-state index is -0.303. The highest BCUT2D eigenvalue weighted by atomic mass is 16.5. The number of hydrogen-bond donors (Lipinski definition) is 2. The molecule has 0 spiro atoms. The van der Waals surface area contributed by atoms with E-state index in [2.05, 4.69) is 10.6 Å². The van der Waals surface area contributed by atoms with Crippen LogP contribution in [0.15, 0.2) is 48.5 Å². The third-order valence-corrected chi connectivity index (χ3v) is 3.74. The first kappa shape index (κ1) is 19.0. The van der Waals surface area contributed by atoms with E-state index in [9.17, 15) is 9.59 Å². The van der Waals surface area contributed by atoms with E-state index in [4.69, 9.17) is 10.00 Å². The van der Waals surface area contributed by atoms with Crippen molar-refractivity contribution in [3.8, 4) is 11.8 Å². The summed E-state index contributed by atoms with van der Waals surface area (Å²) in [5.74, 6) is 0.408. The molecule has 0 fully saturated rings. The molecule has 0 unspecified atom stereocenters. The Morgan fingerprint density at radius 2 is 1.85 bits per heavy atom. The van der Waals surface area contributed by atoms with E-state index in [1.54, 1.807) is 25.3 Å². The molecule has 0 bridgehead atoms. The van der Waals surface area contributed by atoms with Crippen LogP contribution in [0.25, 0.3) is 0 Å². The van der Waals surface area contributed by atoms with Crippen LogP contribution in [0, 0.1) is 11.3 Å². The van der Waals surface area contributed by atoms with Crippen molar-refractivity contribution in [2.45, 2.75) is 25.8 Å². The first-order valence-corrected chi connectivity index (χ1v) is 8.26. The molecule has 6 heteroatoms. The Labute approximate surface area is 152 Å². The van der Waals surface area contributed by atoms with Crippen LogP contribution in [0.4, 0.5) is 5.69 Å². The number of hydrogen-bond acceptors (Lipinski definition) is 4. The minimum Gasteiger partial charge on any atom is -0.497 e. The first-order chi connectivity index (χ1) is 12.6. The van der Waals surface area contributed by atoms with Gasteiger partial charge < -0.3 is 15.4 Å². The third-order valence-electron chi connectivity index (χ3n) is 3.74. The lowest BCUT2D eigenvalue weighted by atomic mass is 10.1. The van der Waals surface area contributed by atoms with Crippen molar-refractivity contribution < 1.29 is 14.3 Å². The Morgan fingerprint density at radius 1 is 1.08 bits per heavy atom. The maximum absolute atomic E-state index is 12.1. The lowest BCUT2D eigenvalue weighted by molar-refractivity contribution is -0.120. The van der Waals surface area contributed by atoms with E-state index >= 15 is 0 Å². The molecule has 26 heavy (non-hydrogen) atoms. The van der Waals surface area contributed by atoms with Crippen LogP contribution >= 0.6 is 0 Å². The highest BCUT2D eigenvalue weighted by Gasteiger charge is 2.05. The topological polar surface area (TPSA) is 91.2 Å². The second-order valence-corrected chi connectivity index (χ2v) is 5.71. The lowest BCUT2D eigenvalue weighted by Gasteiger charge is -2.08. The molecule has 134 valence electrons. The summed E-state index contributed by atoms with van der Waals surface area (Å²) in [6.07, 6.45) is 0.854. The normalized spacial score (nSPS) is 9.85. The summed E-state index contributed by atoms with van der Waals surface area (Å²) >= 11 is 0. The van der Waals surface area contributed by atoms with Crippen LogP contribution in [0.1, 0.15) is 24.0 Å². The lowest BCUT2D eigenvalue weighted by Crippen LogP contribution is -2.21. The van der Waals surface area contributed by atoms with Gasteiger partial charge in [0.25, 0.3) is 0 Å². The molecule has 0 aromatic heterocycles. The fourth-order valence-electron chi connectivity index (χ4n) is 2.35. The molecule has 6 nitrogen and oxygen atoms in total. The van der Waals surface area contributed by atoms with Crippen molar-refractivity contribution in [2.24, 2.45) is 0 Å². The van der Waals surface area contributed by atoms with Gasteiger partial charge in [-0.3, -0.25) is 9.59 Å². The number of anilines is 1. The second kappa shape index (κ2) is 9.84. The standard InChI is InChI=1S/C20H21N3O3/c1-26-18-4-2-3-15(13-18)7-10-20(25)23-17-8-5-16(6-9-17)14-22-19(24)11-12-21/h2-6,8-9,13H,7,10-11,14H2,1H3,(H,22,24)(H,23,25). The molecule has 2 aromatic carbocycles. The molecule has 0 saturated heterocycles. The van der Waals surface area contributed by atoms with E-state index in [0.29, 0.717) is 25.1 Å². The molecule has 0 aliphatic rings. The van der Waals surface area contributed by atoms with Crippen molar-refractivity contribution in [2.75, 3.05) is 12.4 Å². The molecular weight excluding hydrogens is 330 g/mol. The molecule has 2 N–H and O–H groups in total. The maximum atomic E-state index is 12.1. The molecule has 0 aliphatic heterocycles. The number of rotatable bonds is 8. The van der Waals surface area contributed by atoms with E-state index < -0.39 is 0 Å². The smallest absolute Gasteiger partial charge is 0.234 e. The molecule has 0 atom stereocenters. The van der Waals surface area contributed by atoms with Gasteiger partial charge in [0.05, 0.1) is 13.2 Å². The van der Waals surface area contributed by atoms with Crippen molar-refractivity contribution in [3.05, 3.63) is 59.7 Å². The summed E-state index contributed by atoms with van der Waals surface area (Å²) in [5.41, 5.74) is 2.64. The zero-order chi connectivity index (χ0) is 18.8. The van der Waals surface area contributed by atoms with Crippen molar-refractivity contribution in [3.63, 3.8) is 0 Å². The van der Waals surface area contributed by atoms with Crippen molar-refractivity contribution in [1.82, 2.24) is 5.32 Å². The number of nitrogens with zero attached hydrogens (tertiary/aromatic N) is 1. The fourth-order valence-corrected chi connectivity index (χ4v) is 2.35. The van der Waals surface area contributed by atoms with Crippen LogP contribution in [0.5, 0.6) is 5.75 Å². The molecule has 0 radical (unpaired) electrons. The van der Waals surface area contributed by atoms with Gasteiger partial charge in [0.2, 0.25) is 11.8 Å². The van der Waals surface area contributed by atoms with Gasteiger partial charge in [-0.1, -0.05) is 24.3 Å². The molecule has 0 heterocycles. The first-order valence-electron chi connectivity index (χ1n) is 8.26. The largest absolute Gasteiger partial charge is 0.497 e. The number of nitrogens with one attached hydrogen (secondary N) is 2. The van der Waals surface area contributed by atoms with Crippen LogP contribution in [0.3, 0.4) is 0 Å². The number of methoxy groups -OCH3 is 1. The summed E-state index contributed by atoms with van der Waals surface area (Å²) in [4.78, 5) is 23.3. The number of carbonyl (C=O) groups excluding carboxylic acids is 2. The predicted octanol–water partition coefficient (Wildman–Crippen LogP) is 2.80. The molecule has 0 aliphatic carbocycles. The summed E-state index contributed by atoms with van der Waals surface area (Å²) in [7, 11) is 1.62. The van der Waals surface area contributed by atoms with Gasteiger partial charge in [-0.15, -0.1) is 0 Å². The van der Waals surface area contributed by atoms with Crippen LogP contribution in [0.2, 0.25) is 0 Å². The van der Waals surface area contributed by atoms with Gasteiger partial charge in [-0.25, -0.2) is 0 Å². The number of nitriles is 1. The third kappa shape index (κ3) is 6.29. The summed E-state index contributed by atoms with van der Waals surface area (Å²) in [6, 6.07) is 16.7. The van der Waals surface area contributed by atoms with Gasteiger partial charge in [-0.05, 0) is 41.8 Å². The number of carbonyl (C=O) groups is 2. The Morgan fingerprint density at radius 3 is 2.54 bits per heavy atom. The Bertz CT molecular complexity index is 795. The predicted molar refractivity (Wildman–Crippen MR) is 98.5 cm³/mol. The zero-order valence-electron chi connectivity index (χ0n) is 14.6. The highest BCUT2D eigenvalue weighted by Crippen LogP contribution is 2.15. The fraction of sp³-hybridized carbons (Fsp3) is 0.250. The number of benzene rings is 2. The Kier molecular flexibility index (Phi) is 7.19. The van der Waals surface area contributed by atoms with Gasteiger partial charge in [0.15, 0.2) is 0 Å². The SMILES string of the molecule is COc1cccc(CCC(=O)Nc2ccc(CNC(=O)CC#N)cc2)c1. The Hall–Kier alpha value is -3.33. The van der Waals surface area contributed by atoms with E-state index in [1.807, 2.05) is 36.4 Å².